The van der Waals surface area contributed by atoms with Crippen molar-refractivity contribution in [1.82, 2.24) is 5.32 Å². The molecule has 0 heterocycles. The maximum absolute atomic E-state index is 13.2. The van der Waals surface area contributed by atoms with Gasteiger partial charge in [-0.2, -0.15) is 0 Å². The van der Waals surface area contributed by atoms with Crippen LogP contribution in [0.15, 0.2) is 46.9 Å². The average molecular weight is 412 g/mol. The minimum atomic E-state index is -1.02. The predicted octanol–water partition coefficient (Wildman–Crippen LogP) is 3.17. The zero-order valence-electron chi connectivity index (χ0n) is 13.4. The Morgan fingerprint density at radius 3 is 2.52 bits per heavy atom. The van der Waals surface area contributed by atoms with Crippen molar-refractivity contribution < 1.29 is 23.1 Å². The molecule has 0 aliphatic heterocycles. The van der Waals surface area contributed by atoms with Gasteiger partial charge in [-0.15, -0.1) is 0 Å². The fourth-order valence-corrected chi connectivity index (χ4v) is 2.76. The number of hydrogen-bond donors (Lipinski definition) is 1. The molecule has 0 bridgehead atoms. The number of rotatable bonds is 6. The molecule has 7 heteroatoms. The molecule has 4 nitrogen and oxygen atoms in total. The molecule has 1 atom stereocenters. The van der Waals surface area contributed by atoms with E-state index in [1.54, 1.807) is 0 Å². The second-order valence-electron chi connectivity index (χ2n) is 5.40. The van der Waals surface area contributed by atoms with E-state index in [9.17, 15) is 18.4 Å². The van der Waals surface area contributed by atoms with Crippen LogP contribution >= 0.6 is 15.9 Å². The van der Waals surface area contributed by atoms with E-state index >= 15 is 0 Å². The number of hydrogen-bond acceptors (Lipinski definition) is 3. The molecule has 1 amide bonds. The number of halogens is 3. The third-order valence-electron chi connectivity index (χ3n) is 3.50. The molecule has 2 aromatic rings. The van der Waals surface area contributed by atoms with Gasteiger partial charge in [0.15, 0.2) is 11.6 Å². The molecule has 0 aromatic heterocycles. The summed E-state index contributed by atoms with van der Waals surface area (Å²) < 4.78 is 31.7. The third kappa shape index (κ3) is 5.63. The number of methoxy groups -OCH3 is 1. The molecule has 0 aliphatic carbocycles. The zero-order valence-corrected chi connectivity index (χ0v) is 15.0. The van der Waals surface area contributed by atoms with Crippen molar-refractivity contribution in [1.29, 1.82) is 0 Å². The van der Waals surface area contributed by atoms with Crippen molar-refractivity contribution in [3.8, 4) is 0 Å². The molecule has 0 saturated carbocycles. The number of nitrogens with one attached hydrogen (secondary N) is 1. The monoisotopic (exact) mass is 411 g/mol. The highest BCUT2D eigenvalue weighted by molar-refractivity contribution is 9.10. The highest BCUT2D eigenvalue weighted by Crippen LogP contribution is 2.14. The minimum Gasteiger partial charge on any atom is -0.467 e. The Bertz CT molecular complexity index is 783. The van der Waals surface area contributed by atoms with Gasteiger partial charge in [0.2, 0.25) is 5.91 Å². The molecule has 0 aliphatic rings. The first-order valence-corrected chi connectivity index (χ1v) is 8.24. The van der Waals surface area contributed by atoms with E-state index in [4.69, 9.17) is 4.74 Å². The molecule has 25 heavy (non-hydrogen) atoms. The van der Waals surface area contributed by atoms with Gasteiger partial charge in [0.1, 0.15) is 6.04 Å². The summed E-state index contributed by atoms with van der Waals surface area (Å²) >= 11 is 3.34. The summed E-state index contributed by atoms with van der Waals surface area (Å²) in [6.45, 7) is 0. The maximum atomic E-state index is 13.2. The zero-order chi connectivity index (χ0) is 18.4. The first-order chi connectivity index (χ1) is 11.9. The summed E-state index contributed by atoms with van der Waals surface area (Å²) in [5.74, 6) is -3.08. The summed E-state index contributed by atoms with van der Waals surface area (Å²) in [5, 5.41) is 2.57. The Morgan fingerprint density at radius 2 is 1.88 bits per heavy atom. The highest BCUT2D eigenvalue weighted by Gasteiger charge is 2.22. The van der Waals surface area contributed by atoms with E-state index in [1.807, 2.05) is 24.3 Å². The molecule has 0 unspecified atom stereocenters. The van der Waals surface area contributed by atoms with Crippen molar-refractivity contribution in [2.24, 2.45) is 0 Å². The molecule has 0 spiro atoms. The minimum absolute atomic E-state index is 0.177. The van der Waals surface area contributed by atoms with Crippen LogP contribution in [0.5, 0.6) is 0 Å². The van der Waals surface area contributed by atoms with Crippen molar-refractivity contribution in [2.75, 3.05) is 7.11 Å². The lowest BCUT2D eigenvalue weighted by atomic mass is 10.1. The van der Waals surface area contributed by atoms with Gasteiger partial charge in [0.05, 0.1) is 13.5 Å². The number of benzene rings is 2. The van der Waals surface area contributed by atoms with E-state index in [1.165, 1.54) is 13.2 Å². The van der Waals surface area contributed by atoms with Gasteiger partial charge in [0.25, 0.3) is 0 Å². The second-order valence-corrected chi connectivity index (χ2v) is 6.32. The highest BCUT2D eigenvalue weighted by atomic mass is 79.9. The summed E-state index contributed by atoms with van der Waals surface area (Å²) in [6, 6.07) is 9.67. The van der Waals surface area contributed by atoms with Crippen LogP contribution in [0.2, 0.25) is 0 Å². The van der Waals surface area contributed by atoms with E-state index in [2.05, 4.69) is 21.2 Å². The first-order valence-electron chi connectivity index (χ1n) is 7.44. The van der Waals surface area contributed by atoms with Crippen molar-refractivity contribution >= 4 is 27.8 Å². The normalized spacial score (nSPS) is 11.7. The summed E-state index contributed by atoms with van der Waals surface area (Å²) in [6.07, 6.45) is 0.0683. The molecule has 0 fully saturated rings. The number of carbonyl (C=O) groups excluding carboxylic acids is 2. The van der Waals surface area contributed by atoms with E-state index in [-0.39, 0.29) is 12.8 Å². The second kappa shape index (κ2) is 8.71. The van der Waals surface area contributed by atoms with Crippen LogP contribution in [0.3, 0.4) is 0 Å². The number of esters is 1. The molecule has 2 aromatic carbocycles. The van der Waals surface area contributed by atoms with E-state index in [0.29, 0.717) is 5.56 Å². The number of ether oxygens (including phenoxy) is 1. The Labute approximate surface area is 152 Å². The van der Waals surface area contributed by atoms with Crippen LogP contribution in [-0.4, -0.2) is 25.0 Å². The SMILES string of the molecule is COC(=O)[C@@H](Cc1cccc(Br)c1)NC(=O)Cc1ccc(F)c(F)c1. The van der Waals surface area contributed by atoms with Gasteiger partial charge in [-0.25, -0.2) is 13.6 Å². The van der Waals surface area contributed by atoms with Gasteiger partial charge in [-0.05, 0) is 35.4 Å². The number of amides is 1. The molecule has 132 valence electrons. The lowest BCUT2D eigenvalue weighted by Crippen LogP contribution is -2.43. The third-order valence-corrected chi connectivity index (χ3v) is 3.99. The first kappa shape index (κ1) is 19.1. The lowest BCUT2D eigenvalue weighted by molar-refractivity contribution is -0.145. The van der Waals surface area contributed by atoms with E-state index < -0.39 is 29.6 Å². The van der Waals surface area contributed by atoms with Crippen LogP contribution in [-0.2, 0) is 27.2 Å². The topological polar surface area (TPSA) is 55.4 Å². The Morgan fingerprint density at radius 1 is 1.12 bits per heavy atom. The fraction of sp³-hybridized carbons (Fsp3) is 0.222. The number of carbonyl (C=O) groups is 2. The molecule has 1 N–H and O–H groups in total. The molecule has 0 saturated heterocycles. The maximum Gasteiger partial charge on any atom is 0.328 e. The molecular formula is C18H16BrF2NO3. The van der Waals surface area contributed by atoms with Gasteiger partial charge in [-0.3, -0.25) is 4.79 Å². The predicted molar refractivity (Wildman–Crippen MR) is 91.9 cm³/mol. The largest absolute Gasteiger partial charge is 0.467 e. The average Bonchev–Trinajstić information content (AvgIpc) is 2.57. The van der Waals surface area contributed by atoms with Crippen LogP contribution < -0.4 is 5.32 Å². The Kier molecular flexibility index (Phi) is 6.64. The molecule has 2 rings (SSSR count). The van der Waals surface area contributed by atoms with Gasteiger partial charge in [0, 0.05) is 10.9 Å². The standard InChI is InChI=1S/C18H16BrF2NO3/c1-25-18(24)16(9-11-3-2-4-13(19)7-11)22-17(23)10-12-5-6-14(20)15(21)8-12/h2-8,16H,9-10H2,1H3,(H,22,23)/t16-/m1/s1. The quantitative estimate of drug-likeness (QED) is 0.742. The summed E-state index contributed by atoms with van der Waals surface area (Å²) in [5.41, 5.74) is 1.14. The van der Waals surface area contributed by atoms with Gasteiger partial charge in [-0.1, -0.05) is 34.1 Å². The van der Waals surface area contributed by atoms with Gasteiger partial charge >= 0.3 is 5.97 Å². The van der Waals surface area contributed by atoms with Crippen LogP contribution in [0.4, 0.5) is 8.78 Å². The smallest absolute Gasteiger partial charge is 0.328 e. The van der Waals surface area contributed by atoms with Crippen LogP contribution in [0, 0.1) is 11.6 Å². The van der Waals surface area contributed by atoms with Crippen LogP contribution in [0.1, 0.15) is 11.1 Å². The Hall–Kier alpha value is -2.28. The van der Waals surface area contributed by atoms with Crippen molar-refractivity contribution in [2.45, 2.75) is 18.9 Å². The van der Waals surface area contributed by atoms with Gasteiger partial charge < -0.3 is 10.1 Å². The summed E-state index contributed by atoms with van der Waals surface area (Å²) in [4.78, 5) is 24.1. The summed E-state index contributed by atoms with van der Waals surface area (Å²) in [7, 11) is 1.23. The molecule has 0 radical (unpaired) electrons. The lowest BCUT2D eigenvalue weighted by Gasteiger charge is -2.17. The van der Waals surface area contributed by atoms with Crippen LogP contribution in [0.25, 0.3) is 0 Å². The fourth-order valence-electron chi connectivity index (χ4n) is 2.32. The van der Waals surface area contributed by atoms with E-state index in [0.717, 1.165) is 22.2 Å². The Balaban J connectivity index is 2.06. The van der Waals surface area contributed by atoms with Crippen molar-refractivity contribution in [3.05, 3.63) is 69.7 Å². The van der Waals surface area contributed by atoms with Crippen molar-refractivity contribution in [3.63, 3.8) is 0 Å². The molecular weight excluding hydrogens is 396 g/mol.